The molecule has 8 nitrogen and oxygen atoms in total. The maximum absolute atomic E-state index is 11.9. The Morgan fingerprint density at radius 2 is 2.16 bits per heavy atom. The molecule has 2 heterocycles. The van der Waals surface area contributed by atoms with E-state index in [4.69, 9.17) is 10.5 Å². The van der Waals surface area contributed by atoms with Crippen LogP contribution in [0, 0.1) is 5.92 Å². The van der Waals surface area contributed by atoms with Crippen molar-refractivity contribution in [3.63, 3.8) is 0 Å². The molecule has 9 heteroatoms. The number of aliphatic carboxylic acids is 1. The van der Waals surface area contributed by atoms with Gasteiger partial charge in [0.2, 0.25) is 5.91 Å². The lowest BCUT2D eigenvalue weighted by Gasteiger charge is -2.44. The number of hydrogen-bond donors (Lipinski definition) is 3. The molecule has 2 amide bonds. The van der Waals surface area contributed by atoms with E-state index in [0.717, 1.165) is 11.8 Å². The number of β-lactam (4-membered cyclic amide) rings is 1. The summed E-state index contributed by atoms with van der Waals surface area (Å²) in [6.07, 6.45) is -2.11. The van der Waals surface area contributed by atoms with E-state index in [9.17, 15) is 24.6 Å². The maximum atomic E-state index is 11.9. The second-order valence-electron chi connectivity index (χ2n) is 4.59. The molecule has 2 saturated heterocycles. The highest BCUT2D eigenvalue weighted by Gasteiger charge is 2.69. The zero-order valence-corrected chi connectivity index (χ0v) is 11.1. The molecule has 2 fully saturated rings. The van der Waals surface area contributed by atoms with Gasteiger partial charge in [-0.1, -0.05) is 11.8 Å². The molecule has 19 heavy (non-hydrogen) atoms. The minimum atomic E-state index is -1.92. The number of nitrogens with zero attached hydrogens (tertiary/aromatic N) is 1. The van der Waals surface area contributed by atoms with Gasteiger partial charge in [-0.05, 0) is 13.8 Å². The number of rotatable bonds is 3. The van der Waals surface area contributed by atoms with Crippen LogP contribution >= 0.6 is 11.8 Å². The number of aliphatic hydroxyl groups excluding tert-OH is 1. The first-order chi connectivity index (χ1) is 8.72. The summed E-state index contributed by atoms with van der Waals surface area (Å²) in [6, 6.07) is -0.852. The fourth-order valence-electron chi connectivity index (χ4n) is 2.49. The number of carboxylic acid groups (broad SMARTS) is 1. The summed E-state index contributed by atoms with van der Waals surface area (Å²) < 4.78 is 4.76. The molecule has 0 spiro atoms. The van der Waals surface area contributed by atoms with E-state index < -0.39 is 40.4 Å². The standard InChI is InChI=1S/C10H14N2O6S/c1-3(13)5-6(14)12-4(2)10(8(15)16,18-9(11)17)19-7(5)12/h3-5,7,13H,1-2H3,(H2,11,17)(H,15,16)/t3-,4?,5+,7-,10?/m1/s1. The minimum absolute atomic E-state index is 0.351. The van der Waals surface area contributed by atoms with Crippen molar-refractivity contribution in [1.82, 2.24) is 4.90 Å². The van der Waals surface area contributed by atoms with E-state index in [0.29, 0.717) is 0 Å². The Balaban J connectivity index is 2.33. The van der Waals surface area contributed by atoms with E-state index in [2.05, 4.69) is 0 Å². The van der Waals surface area contributed by atoms with E-state index in [1.165, 1.54) is 18.7 Å². The minimum Gasteiger partial charge on any atom is -0.478 e. The highest BCUT2D eigenvalue weighted by atomic mass is 32.2. The van der Waals surface area contributed by atoms with Crippen LogP contribution in [0.2, 0.25) is 0 Å². The summed E-state index contributed by atoms with van der Waals surface area (Å²) in [7, 11) is 0. The fourth-order valence-corrected chi connectivity index (χ4v) is 4.28. The molecule has 0 radical (unpaired) electrons. The van der Waals surface area contributed by atoms with E-state index in [1.807, 2.05) is 0 Å². The number of hydrogen-bond acceptors (Lipinski definition) is 6. The van der Waals surface area contributed by atoms with Crippen molar-refractivity contribution in [3.8, 4) is 0 Å². The third kappa shape index (κ3) is 1.76. The number of carbonyl (C=O) groups excluding carboxylic acids is 2. The Morgan fingerprint density at radius 3 is 2.58 bits per heavy atom. The number of primary amides is 1. The summed E-state index contributed by atoms with van der Waals surface area (Å²) in [5.74, 6) is -2.42. The molecule has 0 saturated carbocycles. The van der Waals surface area contributed by atoms with Gasteiger partial charge in [0.1, 0.15) is 0 Å². The van der Waals surface area contributed by atoms with E-state index >= 15 is 0 Å². The van der Waals surface area contributed by atoms with Gasteiger partial charge in [0.25, 0.3) is 4.93 Å². The highest BCUT2D eigenvalue weighted by Crippen LogP contribution is 2.54. The van der Waals surface area contributed by atoms with Crippen LogP contribution in [0.15, 0.2) is 0 Å². The van der Waals surface area contributed by atoms with Gasteiger partial charge < -0.3 is 25.6 Å². The van der Waals surface area contributed by atoms with Gasteiger partial charge in [-0.3, -0.25) is 4.79 Å². The van der Waals surface area contributed by atoms with Crippen LogP contribution in [0.25, 0.3) is 0 Å². The molecule has 2 aliphatic heterocycles. The number of carbonyl (C=O) groups is 3. The normalized spacial score (nSPS) is 38.4. The average Bonchev–Trinajstić information content (AvgIpc) is 2.47. The zero-order chi connectivity index (χ0) is 14.5. The van der Waals surface area contributed by atoms with Crippen molar-refractivity contribution in [2.24, 2.45) is 11.7 Å². The Labute approximate surface area is 112 Å². The predicted molar refractivity (Wildman–Crippen MR) is 63.9 cm³/mol. The number of carboxylic acids is 1. The topological polar surface area (TPSA) is 130 Å². The van der Waals surface area contributed by atoms with Crippen molar-refractivity contribution in [2.75, 3.05) is 0 Å². The number of nitrogens with two attached hydrogens (primary N) is 1. The Hall–Kier alpha value is -1.48. The van der Waals surface area contributed by atoms with Crippen LogP contribution in [0.5, 0.6) is 0 Å². The Bertz CT molecular complexity index is 455. The van der Waals surface area contributed by atoms with Gasteiger partial charge in [0.05, 0.1) is 23.4 Å². The lowest BCUT2D eigenvalue weighted by molar-refractivity contribution is -0.166. The molecule has 0 aromatic carbocycles. The second kappa shape index (κ2) is 4.27. The number of fused-ring (bicyclic) bond motifs is 1. The molecule has 106 valence electrons. The van der Waals surface area contributed by atoms with Crippen LogP contribution in [0.3, 0.4) is 0 Å². The quantitative estimate of drug-likeness (QED) is 0.578. The lowest BCUT2D eigenvalue weighted by Crippen LogP contribution is -2.63. The lowest BCUT2D eigenvalue weighted by atomic mass is 9.90. The SMILES string of the molecule is CC1N2C(=O)[C@H]([C@@H](C)O)[C@H]2SC1(OC(N)=O)C(=O)O. The van der Waals surface area contributed by atoms with Crippen molar-refractivity contribution in [2.45, 2.75) is 36.3 Å². The summed E-state index contributed by atoms with van der Waals surface area (Å²) in [4.78, 5) is 33.6. The summed E-state index contributed by atoms with van der Waals surface area (Å²) in [5.41, 5.74) is 4.91. The van der Waals surface area contributed by atoms with Crippen LogP contribution < -0.4 is 5.73 Å². The molecule has 0 aromatic heterocycles. The van der Waals surface area contributed by atoms with Crippen molar-refractivity contribution in [1.29, 1.82) is 0 Å². The summed E-state index contributed by atoms with van der Waals surface area (Å²) >= 11 is 0.815. The van der Waals surface area contributed by atoms with Crippen LogP contribution in [0.1, 0.15) is 13.8 Å². The molecule has 0 aromatic rings. The number of ether oxygens (including phenoxy) is 1. The fraction of sp³-hybridized carbons (Fsp3) is 0.700. The maximum Gasteiger partial charge on any atom is 0.406 e. The number of thioether (sulfide) groups is 1. The highest BCUT2D eigenvalue weighted by molar-refractivity contribution is 8.02. The molecule has 5 atom stereocenters. The van der Waals surface area contributed by atoms with Gasteiger partial charge >= 0.3 is 12.1 Å². The van der Waals surface area contributed by atoms with Crippen LogP contribution in [-0.2, 0) is 14.3 Å². The molecule has 2 aliphatic rings. The van der Waals surface area contributed by atoms with Gasteiger partial charge in [0, 0.05) is 0 Å². The first kappa shape index (κ1) is 13.9. The zero-order valence-electron chi connectivity index (χ0n) is 10.3. The Morgan fingerprint density at radius 1 is 1.58 bits per heavy atom. The van der Waals surface area contributed by atoms with Gasteiger partial charge in [0.15, 0.2) is 0 Å². The molecule has 0 bridgehead atoms. The molecular formula is C10H14N2O6S. The van der Waals surface area contributed by atoms with Crippen molar-refractivity contribution in [3.05, 3.63) is 0 Å². The summed E-state index contributed by atoms with van der Waals surface area (Å²) in [5, 5.41) is 18.3. The van der Waals surface area contributed by atoms with Crippen LogP contribution in [-0.4, -0.2) is 55.5 Å². The number of amides is 2. The summed E-state index contributed by atoms with van der Waals surface area (Å²) in [6.45, 7) is 2.93. The van der Waals surface area contributed by atoms with Crippen molar-refractivity contribution < 1.29 is 29.3 Å². The molecule has 0 aliphatic carbocycles. The monoisotopic (exact) mass is 290 g/mol. The first-order valence-corrected chi connectivity index (χ1v) is 6.50. The van der Waals surface area contributed by atoms with Gasteiger partial charge in [-0.15, -0.1) is 0 Å². The Kier molecular flexibility index (Phi) is 3.13. The number of aliphatic hydroxyl groups is 1. The molecule has 4 N–H and O–H groups in total. The second-order valence-corrected chi connectivity index (χ2v) is 5.92. The largest absolute Gasteiger partial charge is 0.478 e. The molecular weight excluding hydrogens is 276 g/mol. The molecule has 2 unspecified atom stereocenters. The first-order valence-electron chi connectivity index (χ1n) is 5.62. The van der Waals surface area contributed by atoms with E-state index in [1.54, 1.807) is 0 Å². The molecule has 2 rings (SSSR count). The van der Waals surface area contributed by atoms with Gasteiger partial charge in [-0.25, -0.2) is 9.59 Å². The average molecular weight is 290 g/mol. The van der Waals surface area contributed by atoms with Crippen LogP contribution in [0.4, 0.5) is 4.79 Å². The smallest absolute Gasteiger partial charge is 0.406 e. The third-order valence-corrected chi connectivity index (χ3v) is 5.17. The third-order valence-electron chi connectivity index (χ3n) is 3.45. The van der Waals surface area contributed by atoms with Crippen molar-refractivity contribution >= 4 is 29.7 Å². The predicted octanol–water partition coefficient (Wildman–Crippen LogP) is -0.837. The van der Waals surface area contributed by atoms with E-state index in [-0.39, 0.29) is 5.91 Å². The van der Waals surface area contributed by atoms with Gasteiger partial charge in [-0.2, -0.15) is 0 Å².